The Labute approximate surface area is 93.1 Å². The van der Waals surface area contributed by atoms with Crippen molar-refractivity contribution in [1.29, 1.82) is 0 Å². The minimum absolute atomic E-state index is 0.832. The van der Waals surface area contributed by atoms with Crippen LogP contribution in [0.3, 0.4) is 0 Å². The van der Waals surface area contributed by atoms with Crippen LogP contribution in [-0.2, 0) is 4.12 Å². The first-order chi connectivity index (χ1) is 6.49. The topological polar surface area (TPSA) is 9.23 Å². The molecule has 0 radical (unpaired) electrons. The second kappa shape index (κ2) is 7.66. The fourth-order valence-electron chi connectivity index (χ4n) is 1.63. The molecule has 86 valence electrons. The fourth-order valence-corrected chi connectivity index (χ4v) is 8.58. The molecule has 0 saturated heterocycles. The maximum absolute atomic E-state index is 6.32. The van der Waals surface area contributed by atoms with Crippen molar-refractivity contribution in [3.63, 3.8) is 0 Å². The van der Waals surface area contributed by atoms with Crippen molar-refractivity contribution in [3.8, 4) is 0 Å². The molecular weight excluding hydrogens is 204 g/mol. The van der Waals surface area contributed by atoms with Crippen LogP contribution in [0.4, 0.5) is 0 Å². The quantitative estimate of drug-likeness (QED) is 0.571. The molecule has 0 bridgehead atoms. The summed E-state index contributed by atoms with van der Waals surface area (Å²) in [5.41, 5.74) is 0. The summed E-state index contributed by atoms with van der Waals surface area (Å²) >= 11 is 0. The van der Waals surface area contributed by atoms with Crippen LogP contribution in [0.25, 0.3) is 0 Å². The first-order valence-electron chi connectivity index (χ1n) is 6.17. The normalized spacial score (nSPS) is 12.4. The van der Waals surface area contributed by atoms with E-state index in [4.69, 9.17) is 4.12 Å². The summed E-state index contributed by atoms with van der Waals surface area (Å²) < 4.78 is 6.32. The highest BCUT2D eigenvalue weighted by atomic mass is 28.4. The van der Waals surface area contributed by atoms with Gasteiger partial charge in [-0.1, -0.05) is 39.5 Å². The van der Waals surface area contributed by atoms with E-state index in [1.807, 2.05) is 0 Å². The van der Waals surface area contributed by atoms with Gasteiger partial charge in [-0.05, 0) is 31.7 Å². The third kappa shape index (κ3) is 8.97. The lowest BCUT2D eigenvalue weighted by Crippen LogP contribution is -2.34. The molecule has 3 heteroatoms. The number of unbranched alkanes of at least 4 members (excludes halogenated alkanes) is 2. The van der Waals surface area contributed by atoms with E-state index in [9.17, 15) is 0 Å². The molecule has 0 amide bonds. The summed E-state index contributed by atoms with van der Waals surface area (Å²) in [5.74, 6) is 0. The fraction of sp³-hybridized carbons (Fsp3) is 1.00. The van der Waals surface area contributed by atoms with Crippen molar-refractivity contribution in [2.24, 2.45) is 0 Å². The highest BCUT2D eigenvalue weighted by Gasteiger charge is 2.21. The van der Waals surface area contributed by atoms with Gasteiger partial charge in [-0.2, -0.15) is 0 Å². The Kier molecular flexibility index (Phi) is 7.87. The summed E-state index contributed by atoms with van der Waals surface area (Å²) in [4.78, 5) is 0. The summed E-state index contributed by atoms with van der Waals surface area (Å²) in [6.07, 6.45) is 5.41. The zero-order valence-corrected chi connectivity index (χ0v) is 12.9. The molecular formula is C11H28OSi2. The highest BCUT2D eigenvalue weighted by Crippen LogP contribution is 2.16. The Bertz CT molecular complexity index is 124. The predicted molar refractivity (Wildman–Crippen MR) is 71.0 cm³/mol. The first kappa shape index (κ1) is 14.4. The van der Waals surface area contributed by atoms with E-state index in [2.05, 4.69) is 33.5 Å². The average molecular weight is 233 g/mol. The van der Waals surface area contributed by atoms with Crippen LogP contribution in [0.2, 0.25) is 31.7 Å². The third-order valence-corrected chi connectivity index (χ3v) is 8.55. The van der Waals surface area contributed by atoms with E-state index in [1.165, 1.54) is 37.8 Å². The number of hydrogen-bond acceptors (Lipinski definition) is 1. The largest absolute Gasteiger partial charge is 0.458 e. The van der Waals surface area contributed by atoms with Crippen LogP contribution in [0.1, 0.15) is 39.5 Å². The van der Waals surface area contributed by atoms with E-state index >= 15 is 0 Å². The molecule has 0 aromatic heterocycles. The average Bonchev–Trinajstić information content (AvgIpc) is 2.07. The lowest BCUT2D eigenvalue weighted by molar-refractivity contribution is 0.554. The molecule has 0 aliphatic heterocycles. The van der Waals surface area contributed by atoms with Crippen molar-refractivity contribution >= 4 is 17.4 Å². The second-order valence-corrected chi connectivity index (χ2v) is 12.7. The molecule has 0 aromatic carbocycles. The number of rotatable bonds is 8. The zero-order chi connectivity index (χ0) is 11.0. The lowest BCUT2D eigenvalue weighted by atomic mass is 10.4. The summed E-state index contributed by atoms with van der Waals surface area (Å²) in [6.45, 7) is 11.5. The van der Waals surface area contributed by atoms with Crippen molar-refractivity contribution < 1.29 is 4.12 Å². The monoisotopic (exact) mass is 232 g/mol. The van der Waals surface area contributed by atoms with Crippen LogP contribution in [0.15, 0.2) is 0 Å². The number of hydrogen-bond donors (Lipinski definition) is 0. The molecule has 0 spiro atoms. The Hall–Kier alpha value is 0.394. The molecule has 14 heavy (non-hydrogen) atoms. The van der Waals surface area contributed by atoms with Crippen molar-refractivity contribution in [3.05, 3.63) is 0 Å². The van der Waals surface area contributed by atoms with E-state index < -0.39 is 17.4 Å². The van der Waals surface area contributed by atoms with Gasteiger partial charge in [0.25, 0.3) is 0 Å². The standard InChI is InChI=1S/C11H28OSi2/c1-6-8-10-13(11-9-7-2)12-14(3,4)5/h13H,6-11H2,1-5H3. The van der Waals surface area contributed by atoms with Gasteiger partial charge < -0.3 is 4.12 Å². The molecule has 0 aliphatic carbocycles. The molecule has 0 rings (SSSR count). The SMILES string of the molecule is CCCC[SiH](CCCC)O[Si](C)(C)C. The van der Waals surface area contributed by atoms with Gasteiger partial charge in [0.1, 0.15) is 0 Å². The van der Waals surface area contributed by atoms with E-state index in [0.29, 0.717) is 0 Å². The van der Waals surface area contributed by atoms with Gasteiger partial charge in [0.15, 0.2) is 17.4 Å². The van der Waals surface area contributed by atoms with Gasteiger partial charge >= 0.3 is 0 Å². The van der Waals surface area contributed by atoms with Gasteiger partial charge in [-0.15, -0.1) is 0 Å². The molecule has 0 saturated carbocycles. The smallest absolute Gasteiger partial charge is 0.170 e. The second-order valence-electron chi connectivity index (χ2n) is 5.14. The van der Waals surface area contributed by atoms with Gasteiger partial charge in [0.05, 0.1) is 0 Å². The van der Waals surface area contributed by atoms with Crippen LogP contribution >= 0.6 is 0 Å². The first-order valence-corrected chi connectivity index (χ1v) is 11.7. The van der Waals surface area contributed by atoms with Crippen molar-refractivity contribution in [1.82, 2.24) is 0 Å². The molecule has 1 nitrogen and oxygen atoms in total. The third-order valence-electron chi connectivity index (χ3n) is 2.28. The van der Waals surface area contributed by atoms with E-state index in [-0.39, 0.29) is 0 Å². The maximum Gasteiger partial charge on any atom is 0.170 e. The Morgan fingerprint density at radius 1 is 0.929 bits per heavy atom. The van der Waals surface area contributed by atoms with Crippen LogP contribution in [0.5, 0.6) is 0 Å². The van der Waals surface area contributed by atoms with Gasteiger partial charge in [0.2, 0.25) is 0 Å². The molecule has 0 aliphatic rings. The maximum atomic E-state index is 6.32. The molecule has 0 unspecified atom stereocenters. The molecule has 0 fully saturated rings. The predicted octanol–water partition coefficient (Wildman–Crippen LogP) is 4.16. The van der Waals surface area contributed by atoms with E-state index in [0.717, 1.165) is 0 Å². The van der Waals surface area contributed by atoms with Gasteiger partial charge in [0, 0.05) is 0 Å². The molecule has 0 atom stereocenters. The van der Waals surface area contributed by atoms with E-state index in [1.54, 1.807) is 0 Å². The Morgan fingerprint density at radius 2 is 1.36 bits per heavy atom. The molecule has 0 heterocycles. The minimum Gasteiger partial charge on any atom is -0.458 e. The zero-order valence-electron chi connectivity index (χ0n) is 10.7. The molecule has 0 N–H and O–H groups in total. The Balaban J connectivity index is 3.84. The van der Waals surface area contributed by atoms with Crippen molar-refractivity contribution in [2.45, 2.75) is 71.3 Å². The van der Waals surface area contributed by atoms with Crippen molar-refractivity contribution in [2.75, 3.05) is 0 Å². The van der Waals surface area contributed by atoms with Gasteiger partial charge in [-0.3, -0.25) is 0 Å². The van der Waals surface area contributed by atoms with Crippen LogP contribution < -0.4 is 0 Å². The highest BCUT2D eigenvalue weighted by molar-refractivity contribution is 6.77. The van der Waals surface area contributed by atoms with Crippen LogP contribution in [-0.4, -0.2) is 17.4 Å². The molecule has 0 aromatic rings. The lowest BCUT2D eigenvalue weighted by Gasteiger charge is -2.25. The Morgan fingerprint density at radius 3 is 1.64 bits per heavy atom. The minimum atomic E-state index is -1.26. The summed E-state index contributed by atoms with van der Waals surface area (Å²) in [6, 6.07) is 2.81. The van der Waals surface area contributed by atoms with Gasteiger partial charge in [-0.25, -0.2) is 0 Å². The summed E-state index contributed by atoms with van der Waals surface area (Å²) in [5, 5.41) is 0. The van der Waals surface area contributed by atoms with Crippen LogP contribution in [0, 0.1) is 0 Å². The summed E-state index contributed by atoms with van der Waals surface area (Å²) in [7, 11) is -2.09.